The zero-order chi connectivity index (χ0) is 12.5. The summed E-state index contributed by atoms with van der Waals surface area (Å²) in [6.45, 7) is 6.84. The Morgan fingerprint density at radius 2 is 2.39 bits per heavy atom. The molecule has 1 N–H and O–H groups in total. The molecule has 4 nitrogen and oxygen atoms in total. The molecule has 0 saturated carbocycles. The van der Waals surface area contributed by atoms with Gasteiger partial charge in [0.15, 0.2) is 0 Å². The van der Waals surface area contributed by atoms with Crippen molar-refractivity contribution in [2.45, 2.75) is 19.5 Å². The van der Waals surface area contributed by atoms with Gasteiger partial charge in [0.25, 0.3) is 0 Å². The topological polar surface area (TPSA) is 37.4 Å². The minimum absolute atomic E-state index is 0.648. The van der Waals surface area contributed by atoms with Gasteiger partial charge in [0.2, 0.25) is 5.88 Å². The van der Waals surface area contributed by atoms with Crippen LogP contribution in [0.25, 0.3) is 0 Å². The molecule has 0 bridgehead atoms. The van der Waals surface area contributed by atoms with Crippen molar-refractivity contribution in [2.24, 2.45) is 11.8 Å². The van der Waals surface area contributed by atoms with Crippen LogP contribution in [0, 0.1) is 11.8 Å². The molecule has 0 spiro atoms. The molecule has 3 atom stereocenters. The van der Waals surface area contributed by atoms with E-state index >= 15 is 0 Å². The first-order chi connectivity index (χ1) is 8.79. The molecule has 2 fully saturated rings. The monoisotopic (exact) mass is 247 g/mol. The van der Waals surface area contributed by atoms with Gasteiger partial charge in [-0.15, -0.1) is 0 Å². The van der Waals surface area contributed by atoms with E-state index < -0.39 is 0 Å². The summed E-state index contributed by atoms with van der Waals surface area (Å²) in [6.07, 6.45) is 1.79. The van der Waals surface area contributed by atoms with Crippen molar-refractivity contribution in [1.29, 1.82) is 0 Å². The van der Waals surface area contributed by atoms with Crippen LogP contribution in [-0.4, -0.2) is 42.7 Å². The van der Waals surface area contributed by atoms with Crippen LogP contribution in [0.3, 0.4) is 0 Å². The van der Waals surface area contributed by atoms with E-state index in [-0.39, 0.29) is 0 Å². The van der Waals surface area contributed by atoms with Gasteiger partial charge >= 0.3 is 0 Å². The molecule has 98 valence electrons. The third-order valence-electron chi connectivity index (χ3n) is 4.47. The molecule has 2 aliphatic rings. The summed E-state index contributed by atoms with van der Waals surface area (Å²) in [7, 11) is 1.69. The van der Waals surface area contributed by atoms with Gasteiger partial charge in [-0.3, -0.25) is 4.90 Å². The van der Waals surface area contributed by atoms with Gasteiger partial charge < -0.3 is 10.1 Å². The molecule has 2 saturated heterocycles. The van der Waals surface area contributed by atoms with Crippen LogP contribution in [0.2, 0.25) is 0 Å². The van der Waals surface area contributed by atoms with E-state index in [0.29, 0.717) is 6.04 Å². The first kappa shape index (κ1) is 11.9. The number of aromatic nitrogens is 1. The Hall–Kier alpha value is -1.13. The van der Waals surface area contributed by atoms with Crippen LogP contribution in [0.1, 0.15) is 12.5 Å². The molecule has 0 amide bonds. The maximum absolute atomic E-state index is 5.33. The predicted molar refractivity (Wildman–Crippen MR) is 70.5 cm³/mol. The van der Waals surface area contributed by atoms with Crippen LogP contribution >= 0.6 is 0 Å². The molecule has 1 aromatic rings. The Bertz CT molecular complexity index is 423. The van der Waals surface area contributed by atoms with Crippen molar-refractivity contribution in [3.05, 3.63) is 23.9 Å². The second-order valence-electron chi connectivity index (χ2n) is 5.42. The Labute approximate surface area is 108 Å². The van der Waals surface area contributed by atoms with Crippen molar-refractivity contribution in [1.82, 2.24) is 15.2 Å². The highest BCUT2D eigenvalue weighted by atomic mass is 16.5. The van der Waals surface area contributed by atoms with Gasteiger partial charge in [0.1, 0.15) is 0 Å². The SMILES string of the molecule is COc1ncccc1CN1CC2CNCC2C1C. The van der Waals surface area contributed by atoms with Gasteiger partial charge in [0, 0.05) is 30.9 Å². The van der Waals surface area contributed by atoms with Crippen LogP contribution in [0.15, 0.2) is 18.3 Å². The van der Waals surface area contributed by atoms with Crippen LogP contribution in [-0.2, 0) is 6.54 Å². The predicted octanol–water partition coefficient (Wildman–Crippen LogP) is 1.13. The molecule has 3 unspecified atom stereocenters. The van der Waals surface area contributed by atoms with Crippen molar-refractivity contribution in [2.75, 3.05) is 26.7 Å². The summed E-state index contributed by atoms with van der Waals surface area (Å²) in [4.78, 5) is 6.84. The van der Waals surface area contributed by atoms with E-state index in [9.17, 15) is 0 Å². The summed E-state index contributed by atoms with van der Waals surface area (Å²) < 4.78 is 5.33. The van der Waals surface area contributed by atoms with Crippen molar-refractivity contribution in [3.63, 3.8) is 0 Å². The number of pyridine rings is 1. The maximum Gasteiger partial charge on any atom is 0.217 e. The minimum Gasteiger partial charge on any atom is -0.481 e. The molecule has 4 heteroatoms. The summed E-state index contributed by atoms with van der Waals surface area (Å²) in [5.41, 5.74) is 1.19. The molecule has 2 aliphatic heterocycles. The third kappa shape index (κ3) is 1.99. The molecular weight excluding hydrogens is 226 g/mol. The first-order valence-electron chi connectivity index (χ1n) is 6.72. The molecule has 1 aromatic heterocycles. The Morgan fingerprint density at radius 3 is 3.17 bits per heavy atom. The lowest BCUT2D eigenvalue weighted by molar-refractivity contribution is 0.227. The zero-order valence-electron chi connectivity index (χ0n) is 11.1. The Balaban J connectivity index is 1.73. The lowest BCUT2D eigenvalue weighted by Gasteiger charge is -2.24. The lowest BCUT2D eigenvalue weighted by atomic mass is 9.95. The molecule has 0 aliphatic carbocycles. The summed E-state index contributed by atoms with van der Waals surface area (Å²) >= 11 is 0. The number of nitrogens with one attached hydrogen (secondary N) is 1. The zero-order valence-corrected chi connectivity index (χ0v) is 11.1. The van der Waals surface area contributed by atoms with Gasteiger partial charge in [-0.2, -0.15) is 0 Å². The summed E-state index contributed by atoms with van der Waals surface area (Å²) in [5.74, 6) is 2.40. The number of ether oxygens (including phenoxy) is 1. The van der Waals surface area contributed by atoms with E-state index in [1.807, 2.05) is 6.07 Å². The van der Waals surface area contributed by atoms with Gasteiger partial charge in [0.05, 0.1) is 7.11 Å². The highest BCUT2D eigenvalue weighted by Gasteiger charge is 2.41. The van der Waals surface area contributed by atoms with E-state index in [1.165, 1.54) is 25.2 Å². The van der Waals surface area contributed by atoms with Gasteiger partial charge in [-0.05, 0) is 37.9 Å². The second kappa shape index (κ2) is 4.86. The van der Waals surface area contributed by atoms with E-state index in [4.69, 9.17) is 4.74 Å². The van der Waals surface area contributed by atoms with Gasteiger partial charge in [-0.1, -0.05) is 6.07 Å². The third-order valence-corrected chi connectivity index (χ3v) is 4.47. The van der Waals surface area contributed by atoms with E-state index in [1.54, 1.807) is 13.3 Å². The van der Waals surface area contributed by atoms with Crippen LogP contribution in [0.4, 0.5) is 0 Å². The van der Waals surface area contributed by atoms with Gasteiger partial charge in [-0.25, -0.2) is 4.98 Å². The van der Waals surface area contributed by atoms with Crippen LogP contribution < -0.4 is 10.1 Å². The molecular formula is C14H21N3O. The molecule has 3 heterocycles. The number of hydrogen-bond donors (Lipinski definition) is 1. The van der Waals surface area contributed by atoms with Crippen molar-refractivity contribution < 1.29 is 4.74 Å². The highest BCUT2D eigenvalue weighted by Crippen LogP contribution is 2.33. The standard InChI is InChI=1S/C14H21N3O/c1-10-13-7-15-6-12(13)9-17(10)8-11-4-3-5-16-14(11)18-2/h3-5,10,12-13,15H,6-9H2,1-2H3. The Morgan fingerprint density at radius 1 is 1.50 bits per heavy atom. The molecule has 0 radical (unpaired) electrons. The fourth-order valence-electron chi connectivity index (χ4n) is 3.41. The fourth-order valence-corrected chi connectivity index (χ4v) is 3.41. The van der Waals surface area contributed by atoms with Crippen molar-refractivity contribution in [3.8, 4) is 5.88 Å². The maximum atomic E-state index is 5.33. The summed E-state index contributed by atoms with van der Waals surface area (Å²) in [5, 5.41) is 3.50. The first-order valence-corrected chi connectivity index (χ1v) is 6.72. The number of nitrogens with zero attached hydrogens (tertiary/aromatic N) is 2. The number of likely N-dealkylation sites (tertiary alicyclic amines) is 1. The van der Waals surface area contributed by atoms with Crippen LogP contribution in [0.5, 0.6) is 5.88 Å². The number of hydrogen-bond acceptors (Lipinski definition) is 4. The smallest absolute Gasteiger partial charge is 0.217 e. The number of rotatable bonds is 3. The molecule has 3 rings (SSSR count). The molecule has 0 aromatic carbocycles. The number of methoxy groups -OCH3 is 1. The summed E-state index contributed by atoms with van der Waals surface area (Å²) in [6, 6.07) is 4.75. The largest absolute Gasteiger partial charge is 0.481 e. The normalized spacial score (nSPS) is 31.6. The minimum atomic E-state index is 0.648. The average Bonchev–Trinajstić information content (AvgIpc) is 2.95. The van der Waals surface area contributed by atoms with E-state index in [0.717, 1.165) is 24.3 Å². The quantitative estimate of drug-likeness (QED) is 0.869. The van der Waals surface area contributed by atoms with E-state index in [2.05, 4.69) is 28.2 Å². The number of fused-ring (bicyclic) bond motifs is 1. The fraction of sp³-hybridized carbons (Fsp3) is 0.643. The van der Waals surface area contributed by atoms with Crippen molar-refractivity contribution >= 4 is 0 Å². The molecule has 18 heavy (non-hydrogen) atoms. The highest BCUT2D eigenvalue weighted by molar-refractivity contribution is 5.25. The average molecular weight is 247 g/mol. The second-order valence-corrected chi connectivity index (χ2v) is 5.42. The lowest BCUT2D eigenvalue weighted by Crippen LogP contribution is -2.32. The Kier molecular flexibility index (Phi) is 3.22.